The summed E-state index contributed by atoms with van der Waals surface area (Å²) in [7, 11) is 0. The second-order valence-corrected chi connectivity index (χ2v) is 5.92. The van der Waals surface area contributed by atoms with E-state index in [1.807, 2.05) is 0 Å². The highest BCUT2D eigenvalue weighted by molar-refractivity contribution is 4.88. The molecule has 2 aliphatic heterocycles. The fraction of sp³-hybridized carbons (Fsp3) is 1.00. The minimum atomic E-state index is 0.297. The predicted molar refractivity (Wildman–Crippen MR) is 71.3 cm³/mol. The van der Waals surface area contributed by atoms with Gasteiger partial charge in [-0.05, 0) is 52.1 Å². The molecule has 0 radical (unpaired) electrons. The van der Waals surface area contributed by atoms with Crippen molar-refractivity contribution >= 4 is 0 Å². The zero-order valence-electron chi connectivity index (χ0n) is 11.5. The molecule has 2 atom stereocenters. The summed E-state index contributed by atoms with van der Waals surface area (Å²) in [5, 5.41) is 3.69. The van der Waals surface area contributed by atoms with E-state index >= 15 is 0 Å². The third kappa shape index (κ3) is 3.94. The molecule has 2 heterocycles. The van der Waals surface area contributed by atoms with Crippen LogP contribution in [0.25, 0.3) is 0 Å². The fourth-order valence-electron chi connectivity index (χ4n) is 2.95. The number of rotatable bonds is 3. The number of ether oxygens (including phenoxy) is 1. The Kier molecular flexibility index (Phi) is 4.83. The molecule has 0 saturated carbocycles. The zero-order chi connectivity index (χ0) is 12.1. The van der Waals surface area contributed by atoms with Crippen LogP contribution in [0, 0.1) is 0 Å². The van der Waals surface area contributed by atoms with Gasteiger partial charge in [-0.15, -0.1) is 0 Å². The van der Waals surface area contributed by atoms with Crippen LogP contribution in [0.3, 0.4) is 0 Å². The Morgan fingerprint density at radius 1 is 1.35 bits per heavy atom. The van der Waals surface area contributed by atoms with Gasteiger partial charge in [0.1, 0.15) is 0 Å². The van der Waals surface area contributed by atoms with Gasteiger partial charge in [0.2, 0.25) is 0 Å². The van der Waals surface area contributed by atoms with E-state index in [4.69, 9.17) is 4.74 Å². The first-order valence-electron chi connectivity index (χ1n) is 7.31. The van der Waals surface area contributed by atoms with E-state index in [-0.39, 0.29) is 0 Å². The van der Waals surface area contributed by atoms with Crippen molar-refractivity contribution in [3.8, 4) is 0 Å². The average Bonchev–Trinajstić information content (AvgIpc) is 2.53. The summed E-state index contributed by atoms with van der Waals surface area (Å²) in [6, 6.07) is 0. The van der Waals surface area contributed by atoms with E-state index < -0.39 is 0 Å². The van der Waals surface area contributed by atoms with Crippen molar-refractivity contribution in [1.82, 2.24) is 10.2 Å². The minimum Gasteiger partial charge on any atom is -0.377 e. The van der Waals surface area contributed by atoms with Gasteiger partial charge >= 0.3 is 0 Å². The lowest BCUT2D eigenvalue weighted by Gasteiger charge is -2.35. The second kappa shape index (κ2) is 6.17. The molecule has 0 spiro atoms. The molecule has 2 saturated heterocycles. The lowest BCUT2D eigenvalue weighted by Crippen LogP contribution is -2.50. The molecule has 3 heteroatoms. The number of nitrogens with zero attached hydrogens (tertiary/aromatic N) is 1. The molecule has 17 heavy (non-hydrogen) atoms. The van der Waals surface area contributed by atoms with Gasteiger partial charge < -0.3 is 10.1 Å². The first kappa shape index (κ1) is 13.3. The Balaban J connectivity index is 1.85. The largest absolute Gasteiger partial charge is 0.377 e. The first-order valence-corrected chi connectivity index (χ1v) is 7.31. The molecular weight excluding hydrogens is 212 g/mol. The highest BCUT2D eigenvalue weighted by Crippen LogP contribution is 2.18. The maximum absolute atomic E-state index is 5.86. The van der Waals surface area contributed by atoms with Crippen LogP contribution < -0.4 is 5.32 Å². The third-order valence-electron chi connectivity index (χ3n) is 4.29. The van der Waals surface area contributed by atoms with Crippen LogP contribution >= 0.6 is 0 Å². The van der Waals surface area contributed by atoms with E-state index in [1.165, 1.54) is 45.2 Å². The molecule has 2 rings (SSSR count). The van der Waals surface area contributed by atoms with Crippen molar-refractivity contribution < 1.29 is 4.74 Å². The van der Waals surface area contributed by atoms with Gasteiger partial charge in [0.05, 0.1) is 6.10 Å². The van der Waals surface area contributed by atoms with E-state index in [1.54, 1.807) is 0 Å². The lowest BCUT2D eigenvalue weighted by atomic mass is 9.98. The Labute approximate surface area is 106 Å². The average molecular weight is 240 g/mol. The Hall–Kier alpha value is -0.120. The molecule has 2 fully saturated rings. The highest BCUT2D eigenvalue weighted by atomic mass is 16.5. The van der Waals surface area contributed by atoms with Gasteiger partial charge in [0.25, 0.3) is 0 Å². The van der Waals surface area contributed by atoms with Crippen LogP contribution in [0.15, 0.2) is 0 Å². The Morgan fingerprint density at radius 2 is 2.24 bits per heavy atom. The minimum absolute atomic E-state index is 0.297. The molecule has 2 unspecified atom stereocenters. The summed E-state index contributed by atoms with van der Waals surface area (Å²) in [6.45, 7) is 10.3. The highest BCUT2D eigenvalue weighted by Gasteiger charge is 2.28. The summed E-state index contributed by atoms with van der Waals surface area (Å²) < 4.78 is 5.86. The van der Waals surface area contributed by atoms with Crippen LogP contribution in [-0.2, 0) is 4.74 Å². The fourth-order valence-corrected chi connectivity index (χ4v) is 2.95. The molecule has 0 aliphatic carbocycles. The molecule has 3 nitrogen and oxygen atoms in total. The van der Waals surface area contributed by atoms with Gasteiger partial charge in [-0.2, -0.15) is 0 Å². The van der Waals surface area contributed by atoms with E-state index in [2.05, 4.69) is 24.1 Å². The topological polar surface area (TPSA) is 24.5 Å². The molecular formula is C14H28N2O. The third-order valence-corrected chi connectivity index (χ3v) is 4.29. The van der Waals surface area contributed by atoms with Crippen LogP contribution in [0.2, 0.25) is 0 Å². The summed E-state index contributed by atoms with van der Waals surface area (Å²) in [5.41, 5.74) is 0.297. The summed E-state index contributed by atoms with van der Waals surface area (Å²) in [5.74, 6) is 0. The SMILES string of the molecule is CCC1(C)CN(CC2CCCCO2)CCCN1. The molecule has 100 valence electrons. The lowest BCUT2D eigenvalue weighted by molar-refractivity contribution is -0.00800. The number of hydrogen-bond donors (Lipinski definition) is 1. The van der Waals surface area contributed by atoms with E-state index in [9.17, 15) is 0 Å². The zero-order valence-corrected chi connectivity index (χ0v) is 11.5. The summed E-state index contributed by atoms with van der Waals surface area (Å²) >= 11 is 0. The molecule has 0 amide bonds. The van der Waals surface area contributed by atoms with Crippen LogP contribution in [0.1, 0.15) is 46.0 Å². The monoisotopic (exact) mass is 240 g/mol. The van der Waals surface area contributed by atoms with E-state index in [0.29, 0.717) is 11.6 Å². The van der Waals surface area contributed by atoms with Crippen LogP contribution in [0.5, 0.6) is 0 Å². The molecule has 2 aliphatic rings. The maximum atomic E-state index is 5.86. The van der Waals surface area contributed by atoms with Gasteiger partial charge in [0.15, 0.2) is 0 Å². The van der Waals surface area contributed by atoms with Crippen molar-refractivity contribution in [2.75, 3.05) is 32.8 Å². The van der Waals surface area contributed by atoms with Crippen molar-refractivity contribution in [3.05, 3.63) is 0 Å². The van der Waals surface area contributed by atoms with Gasteiger partial charge in [0, 0.05) is 25.2 Å². The quantitative estimate of drug-likeness (QED) is 0.817. The molecule has 1 N–H and O–H groups in total. The van der Waals surface area contributed by atoms with Gasteiger partial charge in [-0.25, -0.2) is 0 Å². The first-order chi connectivity index (χ1) is 8.22. The second-order valence-electron chi connectivity index (χ2n) is 5.92. The Morgan fingerprint density at radius 3 is 2.94 bits per heavy atom. The smallest absolute Gasteiger partial charge is 0.0702 e. The molecule has 0 aromatic heterocycles. The van der Waals surface area contributed by atoms with Crippen molar-refractivity contribution in [2.24, 2.45) is 0 Å². The normalized spacial score (nSPS) is 36.7. The maximum Gasteiger partial charge on any atom is 0.0702 e. The van der Waals surface area contributed by atoms with Gasteiger partial charge in [-0.1, -0.05) is 6.92 Å². The number of nitrogens with one attached hydrogen (secondary N) is 1. The van der Waals surface area contributed by atoms with Crippen molar-refractivity contribution in [3.63, 3.8) is 0 Å². The summed E-state index contributed by atoms with van der Waals surface area (Å²) in [4.78, 5) is 2.61. The van der Waals surface area contributed by atoms with Crippen molar-refractivity contribution in [1.29, 1.82) is 0 Å². The van der Waals surface area contributed by atoms with Crippen LogP contribution in [0.4, 0.5) is 0 Å². The molecule has 0 aromatic rings. The van der Waals surface area contributed by atoms with E-state index in [0.717, 1.165) is 19.7 Å². The number of hydrogen-bond acceptors (Lipinski definition) is 3. The Bertz CT molecular complexity index is 228. The van der Waals surface area contributed by atoms with Crippen LogP contribution in [-0.4, -0.2) is 49.3 Å². The van der Waals surface area contributed by atoms with Crippen molar-refractivity contribution in [2.45, 2.75) is 57.6 Å². The molecule has 0 bridgehead atoms. The predicted octanol–water partition coefficient (Wildman–Crippen LogP) is 2.02. The summed E-state index contributed by atoms with van der Waals surface area (Å²) in [6.07, 6.45) is 6.82. The molecule has 0 aromatic carbocycles. The standard InChI is InChI=1S/C14H28N2O/c1-3-14(2)12-16(9-6-8-15-14)11-13-7-4-5-10-17-13/h13,15H,3-12H2,1-2H3. The van der Waals surface area contributed by atoms with Gasteiger partial charge in [-0.3, -0.25) is 4.90 Å².